The fraction of sp³-hybridized carbons (Fsp3) is 0.559. The van der Waals surface area contributed by atoms with Gasteiger partial charge >= 0.3 is 0 Å². The van der Waals surface area contributed by atoms with E-state index in [2.05, 4.69) is 35.9 Å². The van der Waals surface area contributed by atoms with Crippen LogP contribution in [0.2, 0.25) is 0 Å². The zero-order valence-electron chi connectivity index (χ0n) is 25.1. The van der Waals surface area contributed by atoms with Crippen LogP contribution < -0.4 is 9.64 Å². The summed E-state index contributed by atoms with van der Waals surface area (Å²) >= 11 is 0. The summed E-state index contributed by atoms with van der Waals surface area (Å²) in [5.74, 6) is 1.86. The number of fused-ring (bicyclic) bond motifs is 1. The van der Waals surface area contributed by atoms with E-state index in [1.165, 1.54) is 18.5 Å². The molecule has 1 amide bonds. The molecule has 0 atom stereocenters. The third kappa shape index (κ3) is 7.25. The number of furan rings is 1. The summed E-state index contributed by atoms with van der Waals surface area (Å²) in [6.07, 6.45) is 8.33. The molecule has 0 N–H and O–H groups in total. The number of ether oxygens (including phenoxy) is 2. The number of amides is 1. The molecule has 7 nitrogen and oxygen atoms in total. The van der Waals surface area contributed by atoms with E-state index in [0.29, 0.717) is 6.04 Å². The number of rotatable bonds is 12. The van der Waals surface area contributed by atoms with Gasteiger partial charge in [-0.25, -0.2) is 0 Å². The lowest BCUT2D eigenvalue weighted by molar-refractivity contribution is 0.00478. The average Bonchev–Trinajstić information content (AvgIpc) is 3.40. The van der Waals surface area contributed by atoms with Crippen LogP contribution in [0.3, 0.4) is 0 Å². The molecule has 2 fully saturated rings. The molecule has 5 rings (SSSR count). The van der Waals surface area contributed by atoms with Gasteiger partial charge in [0.05, 0.1) is 18.8 Å². The standard InChI is InChI=1S/C34H47N3O4/c1-4-5-10-32-33(30-9-6-7-11-31(30)41-32)34(38)37-23-18-29(19-24-37)40-25-8-20-35(2)26-16-21-36(22-17-26)27-12-14-28(39-3)15-13-27/h6-7,9,11-15,26,29H,4-5,8,10,16-25H2,1-3H3. The first-order chi connectivity index (χ1) is 20.1. The molecule has 0 bridgehead atoms. The molecule has 0 radical (unpaired) electrons. The second-order valence-corrected chi connectivity index (χ2v) is 11.6. The Bertz CT molecular complexity index is 1240. The van der Waals surface area contributed by atoms with Gasteiger partial charge in [0, 0.05) is 62.9 Å². The molecule has 0 spiro atoms. The Hall–Kier alpha value is -3.03. The lowest BCUT2D eigenvalue weighted by atomic mass is 10.0. The first-order valence-electron chi connectivity index (χ1n) is 15.6. The number of unbranched alkanes of at least 4 members (excludes halogenated alkanes) is 1. The summed E-state index contributed by atoms with van der Waals surface area (Å²) in [7, 11) is 3.97. The van der Waals surface area contributed by atoms with Crippen LogP contribution in [0.1, 0.15) is 68.0 Å². The lowest BCUT2D eigenvalue weighted by Gasteiger charge is -2.38. The largest absolute Gasteiger partial charge is 0.497 e. The molecule has 2 aliphatic heterocycles. The van der Waals surface area contributed by atoms with Crippen LogP contribution in [0.25, 0.3) is 11.0 Å². The van der Waals surface area contributed by atoms with Gasteiger partial charge in [-0.2, -0.15) is 0 Å². The smallest absolute Gasteiger partial charge is 0.258 e. The van der Waals surface area contributed by atoms with Crippen molar-refractivity contribution in [1.29, 1.82) is 0 Å². The molecule has 0 saturated carbocycles. The van der Waals surface area contributed by atoms with Crippen LogP contribution >= 0.6 is 0 Å². The van der Waals surface area contributed by atoms with Gasteiger partial charge in [0.1, 0.15) is 17.1 Å². The van der Waals surface area contributed by atoms with E-state index in [-0.39, 0.29) is 12.0 Å². The first-order valence-corrected chi connectivity index (χ1v) is 15.6. The second-order valence-electron chi connectivity index (χ2n) is 11.6. The SMILES string of the molecule is CCCCc1oc2ccccc2c1C(=O)N1CCC(OCCCN(C)C2CCN(c3ccc(OC)cc3)CC2)CC1. The fourth-order valence-corrected chi connectivity index (χ4v) is 6.33. The van der Waals surface area contributed by atoms with Gasteiger partial charge in [0.25, 0.3) is 5.91 Å². The van der Waals surface area contributed by atoms with Crippen molar-refractivity contribution in [2.45, 2.75) is 70.4 Å². The average molecular weight is 562 g/mol. The molecule has 0 unspecified atom stereocenters. The van der Waals surface area contributed by atoms with Crippen LogP contribution in [0.4, 0.5) is 5.69 Å². The molecule has 0 aliphatic carbocycles. The molecule has 3 aromatic rings. The number of carbonyl (C=O) groups is 1. The summed E-state index contributed by atoms with van der Waals surface area (Å²) < 4.78 is 17.7. The van der Waals surface area contributed by atoms with Crippen LogP contribution in [0, 0.1) is 0 Å². The van der Waals surface area contributed by atoms with E-state index in [1.54, 1.807) is 7.11 Å². The summed E-state index contributed by atoms with van der Waals surface area (Å²) in [6.45, 7) is 7.65. The number of aryl methyl sites for hydroxylation is 1. The summed E-state index contributed by atoms with van der Waals surface area (Å²) in [5.41, 5.74) is 2.86. The summed E-state index contributed by atoms with van der Waals surface area (Å²) in [4.78, 5) is 20.6. The van der Waals surface area contributed by atoms with Gasteiger partial charge < -0.3 is 28.6 Å². The van der Waals surface area contributed by atoms with E-state index in [9.17, 15) is 4.79 Å². The number of hydrogen-bond donors (Lipinski definition) is 0. The lowest BCUT2D eigenvalue weighted by Crippen LogP contribution is -2.44. The van der Waals surface area contributed by atoms with Crippen LogP contribution in [0.15, 0.2) is 52.9 Å². The van der Waals surface area contributed by atoms with E-state index >= 15 is 0 Å². The number of piperidine rings is 2. The highest BCUT2D eigenvalue weighted by atomic mass is 16.5. The predicted molar refractivity (Wildman–Crippen MR) is 165 cm³/mol. The first kappa shape index (κ1) is 29.5. The Morgan fingerprint density at radius 1 is 0.976 bits per heavy atom. The van der Waals surface area contributed by atoms with Gasteiger partial charge in [-0.1, -0.05) is 31.5 Å². The van der Waals surface area contributed by atoms with Gasteiger partial charge in [-0.05, 0) is 75.9 Å². The van der Waals surface area contributed by atoms with Crippen molar-refractivity contribution in [2.24, 2.45) is 0 Å². The number of benzene rings is 2. The van der Waals surface area contributed by atoms with E-state index in [1.807, 2.05) is 41.3 Å². The Labute approximate surface area is 245 Å². The Balaban J connectivity index is 1.02. The van der Waals surface area contributed by atoms with Gasteiger partial charge in [-0.15, -0.1) is 0 Å². The minimum absolute atomic E-state index is 0.110. The molecule has 222 valence electrons. The summed E-state index contributed by atoms with van der Waals surface area (Å²) in [5, 5.41) is 0.942. The maximum absolute atomic E-state index is 13.6. The Morgan fingerprint density at radius 2 is 1.71 bits per heavy atom. The predicted octanol–water partition coefficient (Wildman–Crippen LogP) is 6.40. The normalized spacial score (nSPS) is 17.1. The Kier molecular flexibility index (Phi) is 10.2. The van der Waals surface area contributed by atoms with Crippen molar-refractivity contribution in [3.63, 3.8) is 0 Å². The Morgan fingerprint density at radius 3 is 2.41 bits per heavy atom. The molecule has 2 aromatic carbocycles. The van der Waals surface area contributed by atoms with Gasteiger partial charge in [-0.3, -0.25) is 4.79 Å². The van der Waals surface area contributed by atoms with Crippen molar-refractivity contribution in [3.05, 3.63) is 59.9 Å². The fourth-order valence-electron chi connectivity index (χ4n) is 6.33. The quantitative estimate of drug-likeness (QED) is 0.239. The number of para-hydroxylation sites is 1. The number of methoxy groups -OCH3 is 1. The number of hydrogen-bond acceptors (Lipinski definition) is 6. The van der Waals surface area contributed by atoms with Crippen molar-refractivity contribution < 1.29 is 18.7 Å². The summed E-state index contributed by atoms with van der Waals surface area (Å²) in [6, 6.07) is 17.0. The second kappa shape index (κ2) is 14.2. The molecular weight excluding hydrogens is 514 g/mol. The van der Waals surface area contributed by atoms with Crippen LogP contribution in [0.5, 0.6) is 5.75 Å². The molecule has 41 heavy (non-hydrogen) atoms. The highest BCUT2D eigenvalue weighted by Crippen LogP contribution is 2.30. The van der Waals surface area contributed by atoms with Gasteiger partial charge in [0.15, 0.2) is 0 Å². The zero-order valence-corrected chi connectivity index (χ0v) is 25.1. The molecule has 1 aromatic heterocycles. The van der Waals surface area contributed by atoms with Crippen molar-refractivity contribution in [3.8, 4) is 5.75 Å². The molecule has 7 heteroatoms. The number of carbonyl (C=O) groups excluding carboxylic acids is 1. The van der Waals surface area contributed by atoms with E-state index < -0.39 is 0 Å². The van der Waals surface area contributed by atoms with Crippen molar-refractivity contribution in [2.75, 3.05) is 58.4 Å². The third-order valence-corrected chi connectivity index (χ3v) is 8.90. The third-order valence-electron chi connectivity index (χ3n) is 8.90. The number of likely N-dealkylation sites (tertiary alicyclic amines) is 1. The molecule has 2 saturated heterocycles. The van der Waals surface area contributed by atoms with Gasteiger partial charge in [0.2, 0.25) is 0 Å². The maximum atomic E-state index is 13.6. The van der Waals surface area contributed by atoms with Crippen molar-refractivity contribution >= 4 is 22.6 Å². The highest BCUT2D eigenvalue weighted by molar-refractivity contribution is 6.07. The van der Waals surface area contributed by atoms with Crippen molar-refractivity contribution in [1.82, 2.24) is 9.80 Å². The minimum atomic E-state index is 0.110. The number of anilines is 1. The molecule has 2 aliphatic rings. The number of nitrogens with zero attached hydrogens (tertiary/aromatic N) is 3. The topological polar surface area (TPSA) is 58.4 Å². The maximum Gasteiger partial charge on any atom is 0.258 e. The molecule has 3 heterocycles. The van der Waals surface area contributed by atoms with Crippen LogP contribution in [-0.2, 0) is 11.2 Å². The monoisotopic (exact) mass is 561 g/mol. The zero-order chi connectivity index (χ0) is 28.6. The molecular formula is C34H47N3O4. The van der Waals surface area contributed by atoms with E-state index in [4.69, 9.17) is 13.9 Å². The highest BCUT2D eigenvalue weighted by Gasteiger charge is 2.29. The van der Waals surface area contributed by atoms with E-state index in [0.717, 1.165) is 106 Å². The van der Waals surface area contributed by atoms with Crippen LogP contribution in [-0.4, -0.2) is 81.3 Å². The minimum Gasteiger partial charge on any atom is -0.497 e.